The number of amides is 1. The minimum atomic E-state index is -0.226. The van der Waals surface area contributed by atoms with E-state index in [2.05, 4.69) is 10.4 Å². The minimum Gasteiger partial charge on any atom is -0.506 e. The van der Waals surface area contributed by atoms with E-state index in [0.29, 0.717) is 15.7 Å². The van der Waals surface area contributed by atoms with Crippen LogP contribution in [0.1, 0.15) is 22.5 Å². The molecule has 3 rings (SSSR count). The Morgan fingerprint density at radius 3 is 2.56 bits per heavy atom. The number of nitrogens with one attached hydrogen (secondary N) is 1. The smallest absolute Gasteiger partial charge is 0.229 e. The van der Waals surface area contributed by atoms with Crippen LogP contribution in [0.3, 0.4) is 0 Å². The molecule has 1 aromatic heterocycles. The van der Waals surface area contributed by atoms with E-state index in [9.17, 15) is 9.90 Å². The van der Waals surface area contributed by atoms with E-state index in [1.807, 2.05) is 26.8 Å². The predicted octanol–water partition coefficient (Wildman–Crippen LogP) is 4.99. The maximum Gasteiger partial charge on any atom is 0.229 e. The highest BCUT2D eigenvalue weighted by Gasteiger charge is 2.17. The molecule has 0 atom stereocenters. The summed E-state index contributed by atoms with van der Waals surface area (Å²) in [6.07, 6.45) is 0.145. The summed E-state index contributed by atoms with van der Waals surface area (Å²) in [5.74, 6) is -0.190. The number of carbonyl (C=O) groups excluding carboxylic acids is 1. The summed E-state index contributed by atoms with van der Waals surface area (Å²) in [5.41, 5.74) is 4.53. The van der Waals surface area contributed by atoms with Crippen LogP contribution in [0.15, 0.2) is 36.4 Å². The van der Waals surface area contributed by atoms with Crippen molar-refractivity contribution >= 4 is 34.8 Å². The molecule has 0 aliphatic heterocycles. The Morgan fingerprint density at radius 2 is 1.85 bits per heavy atom. The summed E-state index contributed by atoms with van der Waals surface area (Å²) >= 11 is 12.1. The van der Waals surface area contributed by atoms with E-state index < -0.39 is 0 Å². The molecule has 0 unspecified atom stereocenters. The fourth-order valence-electron chi connectivity index (χ4n) is 2.90. The third-order valence-corrected chi connectivity index (χ3v) is 5.09. The molecular formula is C20H19Cl2N3O2. The predicted molar refractivity (Wildman–Crippen MR) is 108 cm³/mol. The number of aromatic hydroxyl groups is 1. The number of phenolic OH excluding ortho intramolecular Hbond substituents is 1. The number of benzene rings is 2. The van der Waals surface area contributed by atoms with Crippen LogP contribution in [0, 0.1) is 20.8 Å². The minimum absolute atomic E-state index is 0.0360. The lowest BCUT2D eigenvalue weighted by Gasteiger charge is -2.09. The molecule has 0 spiro atoms. The molecular weight excluding hydrogens is 385 g/mol. The van der Waals surface area contributed by atoms with Gasteiger partial charge in [0.05, 0.1) is 33.5 Å². The molecule has 0 saturated carbocycles. The van der Waals surface area contributed by atoms with Crippen molar-refractivity contribution in [1.82, 2.24) is 9.78 Å². The van der Waals surface area contributed by atoms with Gasteiger partial charge in [-0.3, -0.25) is 4.79 Å². The molecule has 0 fully saturated rings. The fourth-order valence-corrected chi connectivity index (χ4v) is 3.20. The number of anilines is 1. The quantitative estimate of drug-likeness (QED) is 0.602. The highest BCUT2D eigenvalue weighted by molar-refractivity contribution is 6.42. The first kappa shape index (κ1) is 19.3. The first-order valence-corrected chi connectivity index (χ1v) is 9.12. The van der Waals surface area contributed by atoms with Crippen LogP contribution in [-0.4, -0.2) is 20.8 Å². The van der Waals surface area contributed by atoms with Gasteiger partial charge in [-0.2, -0.15) is 5.10 Å². The zero-order chi connectivity index (χ0) is 19.7. The monoisotopic (exact) mass is 403 g/mol. The van der Waals surface area contributed by atoms with Gasteiger partial charge in [-0.1, -0.05) is 29.3 Å². The Labute approximate surface area is 167 Å². The van der Waals surface area contributed by atoms with Gasteiger partial charge in [0.15, 0.2) is 0 Å². The van der Waals surface area contributed by atoms with Gasteiger partial charge in [0.1, 0.15) is 5.75 Å². The van der Waals surface area contributed by atoms with Gasteiger partial charge in [0.25, 0.3) is 0 Å². The van der Waals surface area contributed by atoms with Crippen molar-refractivity contribution in [2.45, 2.75) is 27.2 Å². The van der Waals surface area contributed by atoms with Crippen LogP contribution < -0.4 is 5.32 Å². The molecule has 27 heavy (non-hydrogen) atoms. The summed E-state index contributed by atoms with van der Waals surface area (Å²) in [7, 11) is 0. The number of aryl methyl sites for hydroxylation is 2. The van der Waals surface area contributed by atoms with Crippen molar-refractivity contribution in [2.75, 3.05) is 5.32 Å². The van der Waals surface area contributed by atoms with Gasteiger partial charge in [-0.05, 0) is 56.7 Å². The topological polar surface area (TPSA) is 67.2 Å². The van der Waals surface area contributed by atoms with E-state index in [1.54, 1.807) is 35.0 Å². The lowest BCUT2D eigenvalue weighted by Crippen LogP contribution is -2.15. The Balaban J connectivity index is 1.85. The van der Waals surface area contributed by atoms with Crippen LogP contribution in [0.4, 0.5) is 5.69 Å². The fraction of sp³-hybridized carbons (Fsp3) is 0.200. The largest absolute Gasteiger partial charge is 0.506 e. The van der Waals surface area contributed by atoms with Gasteiger partial charge in [-0.15, -0.1) is 0 Å². The van der Waals surface area contributed by atoms with Gasteiger partial charge in [-0.25, -0.2) is 4.68 Å². The highest BCUT2D eigenvalue weighted by atomic mass is 35.5. The van der Waals surface area contributed by atoms with Gasteiger partial charge >= 0.3 is 0 Å². The highest BCUT2D eigenvalue weighted by Crippen LogP contribution is 2.27. The van der Waals surface area contributed by atoms with Gasteiger partial charge in [0.2, 0.25) is 5.91 Å². The maximum atomic E-state index is 12.5. The number of hydrogen-bond acceptors (Lipinski definition) is 3. The van der Waals surface area contributed by atoms with Crippen molar-refractivity contribution in [2.24, 2.45) is 0 Å². The van der Waals surface area contributed by atoms with Crippen molar-refractivity contribution in [3.63, 3.8) is 0 Å². The summed E-state index contributed by atoms with van der Waals surface area (Å²) in [5, 5.41) is 18.1. The van der Waals surface area contributed by atoms with E-state index in [0.717, 1.165) is 28.2 Å². The molecule has 5 nitrogen and oxygen atoms in total. The standard InChI is InChI=1S/C20H19Cl2N3O2/c1-11-4-7-19(26)18(8-11)23-20(27)10-15-12(2)24-25(13(15)3)14-5-6-16(21)17(22)9-14/h4-9,26H,10H2,1-3H3,(H,23,27). The summed E-state index contributed by atoms with van der Waals surface area (Å²) < 4.78 is 1.74. The van der Waals surface area contributed by atoms with E-state index >= 15 is 0 Å². The summed E-state index contributed by atoms with van der Waals surface area (Å²) in [6.45, 7) is 5.65. The SMILES string of the molecule is Cc1ccc(O)c(NC(=O)Cc2c(C)nn(-c3ccc(Cl)c(Cl)c3)c2C)c1. The van der Waals surface area contributed by atoms with E-state index in [1.165, 1.54) is 0 Å². The van der Waals surface area contributed by atoms with Crippen LogP contribution in [0.25, 0.3) is 5.69 Å². The molecule has 0 bridgehead atoms. The third kappa shape index (κ3) is 4.10. The zero-order valence-corrected chi connectivity index (χ0v) is 16.7. The molecule has 140 valence electrons. The number of halogens is 2. The Kier molecular flexibility index (Phi) is 5.44. The second-order valence-electron chi connectivity index (χ2n) is 6.41. The normalized spacial score (nSPS) is 10.9. The van der Waals surface area contributed by atoms with Crippen molar-refractivity contribution in [1.29, 1.82) is 0 Å². The first-order valence-electron chi connectivity index (χ1n) is 8.36. The number of carbonyl (C=O) groups is 1. The van der Waals surface area contributed by atoms with E-state index in [4.69, 9.17) is 23.2 Å². The number of nitrogens with zero attached hydrogens (tertiary/aromatic N) is 2. The molecule has 2 aromatic carbocycles. The molecule has 0 aliphatic rings. The third-order valence-electron chi connectivity index (χ3n) is 4.35. The van der Waals surface area contributed by atoms with E-state index in [-0.39, 0.29) is 18.1 Å². The van der Waals surface area contributed by atoms with Crippen molar-refractivity contribution in [3.05, 3.63) is 69.0 Å². The molecule has 2 N–H and O–H groups in total. The van der Waals surface area contributed by atoms with Gasteiger partial charge in [0, 0.05) is 11.3 Å². The molecule has 3 aromatic rings. The average Bonchev–Trinajstić information content (AvgIpc) is 2.89. The maximum absolute atomic E-state index is 12.5. The van der Waals surface area contributed by atoms with Crippen molar-refractivity contribution in [3.8, 4) is 11.4 Å². The number of aromatic nitrogens is 2. The first-order chi connectivity index (χ1) is 12.8. The summed E-state index contributed by atoms with van der Waals surface area (Å²) in [4.78, 5) is 12.5. The number of rotatable bonds is 4. The number of hydrogen-bond donors (Lipinski definition) is 2. The Hall–Kier alpha value is -2.50. The van der Waals surface area contributed by atoms with Gasteiger partial charge < -0.3 is 10.4 Å². The molecule has 1 heterocycles. The van der Waals surface area contributed by atoms with Crippen LogP contribution >= 0.6 is 23.2 Å². The molecule has 1 amide bonds. The molecule has 7 heteroatoms. The Bertz CT molecular complexity index is 1030. The van der Waals surface area contributed by atoms with Crippen LogP contribution in [-0.2, 0) is 11.2 Å². The van der Waals surface area contributed by atoms with Crippen LogP contribution in [0.5, 0.6) is 5.75 Å². The average molecular weight is 404 g/mol. The summed E-state index contributed by atoms with van der Waals surface area (Å²) in [6, 6.07) is 10.3. The molecule has 0 aliphatic carbocycles. The number of phenols is 1. The van der Waals surface area contributed by atoms with Crippen molar-refractivity contribution < 1.29 is 9.90 Å². The lowest BCUT2D eigenvalue weighted by atomic mass is 10.1. The molecule has 0 radical (unpaired) electrons. The van der Waals surface area contributed by atoms with Crippen LogP contribution in [0.2, 0.25) is 10.0 Å². The second-order valence-corrected chi connectivity index (χ2v) is 7.22. The second kappa shape index (κ2) is 7.62. The lowest BCUT2D eigenvalue weighted by molar-refractivity contribution is -0.115. The zero-order valence-electron chi connectivity index (χ0n) is 15.2. The Morgan fingerprint density at radius 1 is 1.11 bits per heavy atom. The molecule has 0 saturated heterocycles.